The Balaban J connectivity index is 0.00000192. The molecule has 0 atom stereocenters. The molecule has 1 aromatic heterocycles. The SMILES string of the molecule is Cc1ccc2nc(SCc3ccc(C(C)(C)C)cc3)[nH]c2c1.Cl. The molecule has 0 saturated carbocycles. The minimum absolute atomic E-state index is 0. The van der Waals surface area contributed by atoms with E-state index in [1.807, 2.05) is 0 Å². The van der Waals surface area contributed by atoms with Crippen LogP contribution in [0.15, 0.2) is 47.6 Å². The highest BCUT2D eigenvalue weighted by Gasteiger charge is 2.13. The lowest BCUT2D eigenvalue weighted by atomic mass is 9.87. The summed E-state index contributed by atoms with van der Waals surface area (Å²) in [6.07, 6.45) is 0. The number of nitrogens with zero attached hydrogens (tertiary/aromatic N) is 1. The Morgan fingerprint density at radius 1 is 1.04 bits per heavy atom. The molecule has 23 heavy (non-hydrogen) atoms. The van der Waals surface area contributed by atoms with Gasteiger partial charge in [-0.05, 0) is 41.2 Å². The lowest BCUT2D eigenvalue weighted by molar-refractivity contribution is 0.590. The molecule has 0 amide bonds. The molecule has 1 N–H and O–H groups in total. The van der Waals surface area contributed by atoms with Crippen molar-refractivity contribution >= 4 is 35.2 Å². The van der Waals surface area contributed by atoms with Crippen molar-refractivity contribution in [2.24, 2.45) is 0 Å². The summed E-state index contributed by atoms with van der Waals surface area (Å²) >= 11 is 1.75. The monoisotopic (exact) mass is 346 g/mol. The first-order chi connectivity index (χ1) is 10.4. The number of thioether (sulfide) groups is 1. The van der Waals surface area contributed by atoms with Gasteiger partial charge >= 0.3 is 0 Å². The fourth-order valence-electron chi connectivity index (χ4n) is 2.42. The standard InChI is InChI=1S/C19H22N2S.ClH/c1-13-5-10-16-17(11-13)21-18(20-16)22-12-14-6-8-15(9-7-14)19(2,3)4;/h5-11H,12H2,1-4H3,(H,20,21);1H. The summed E-state index contributed by atoms with van der Waals surface area (Å²) in [6.45, 7) is 8.83. The van der Waals surface area contributed by atoms with Crippen molar-refractivity contribution in [3.05, 3.63) is 59.2 Å². The van der Waals surface area contributed by atoms with Gasteiger partial charge in [0.15, 0.2) is 5.16 Å². The van der Waals surface area contributed by atoms with Crippen molar-refractivity contribution in [2.75, 3.05) is 0 Å². The van der Waals surface area contributed by atoms with Gasteiger partial charge in [0.2, 0.25) is 0 Å². The zero-order chi connectivity index (χ0) is 15.7. The van der Waals surface area contributed by atoms with Crippen LogP contribution in [0.4, 0.5) is 0 Å². The molecule has 1 heterocycles. The van der Waals surface area contributed by atoms with Crippen molar-refractivity contribution in [3.8, 4) is 0 Å². The fraction of sp³-hybridized carbons (Fsp3) is 0.316. The van der Waals surface area contributed by atoms with Crippen LogP contribution in [-0.4, -0.2) is 9.97 Å². The third-order valence-electron chi connectivity index (χ3n) is 3.81. The quantitative estimate of drug-likeness (QED) is 0.599. The van der Waals surface area contributed by atoms with E-state index < -0.39 is 0 Å². The smallest absolute Gasteiger partial charge is 0.166 e. The molecular formula is C19H23ClN2S. The van der Waals surface area contributed by atoms with Crippen LogP contribution < -0.4 is 0 Å². The van der Waals surface area contributed by atoms with E-state index in [1.54, 1.807) is 11.8 Å². The van der Waals surface area contributed by atoms with Crippen molar-refractivity contribution in [1.82, 2.24) is 9.97 Å². The normalized spacial score (nSPS) is 11.5. The van der Waals surface area contributed by atoms with Crippen LogP contribution in [0.5, 0.6) is 0 Å². The molecule has 2 aromatic carbocycles. The molecule has 0 radical (unpaired) electrons. The number of nitrogens with one attached hydrogen (secondary N) is 1. The largest absolute Gasteiger partial charge is 0.333 e. The molecule has 0 aliphatic heterocycles. The lowest BCUT2D eigenvalue weighted by Crippen LogP contribution is -2.10. The van der Waals surface area contributed by atoms with Crippen LogP contribution in [0, 0.1) is 6.92 Å². The molecule has 0 aliphatic rings. The van der Waals surface area contributed by atoms with Gasteiger partial charge in [0.1, 0.15) is 0 Å². The van der Waals surface area contributed by atoms with Gasteiger partial charge < -0.3 is 4.98 Å². The maximum atomic E-state index is 4.63. The Hall–Kier alpha value is -1.45. The van der Waals surface area contributed by atoms with Crippen molar-refractivity contribution in [2.45, 2.75) is 44.0 Å². The number of H-pyrrole nitrogens is 1. The Morgan fingerprint density at radius 3 is 2.39 bits per heavy atom. The summed E-state index contributed by atoms with van der Waals surface area (Å²) in [6, 6.07) is 15.2. The van der Waals surface area contributed by atoms with Gasteiger partial charge in [-0.3, -0.25) is 0 Å². The van der Waals surface area contributed by atoms with Gasteiger partial charge in [0.05, 0.1) is 11.0 Å². The van der Waals surface area contributed by atoms with Crippen LogP contribution in [-0.2, 0) is 11.2 Å². The van der Waals surface area contributed by atoms with E-state index >= 15 is 0 Å². The summed E-state index contributed by atoms with van der Waals surface area (Å²) < 4.78 is 0. The topological polar surface area (TPSA) is 28.7 Å². The predicted molar refractivity (Wildman–Crippen MR) is 103 cm³/mol. The number of hydrogen-bond donors (Lipinski definition) is 1. The number of halogens is 1. The average Bonchev–Trinajstić information content (AvgIpc) is 2.86. The summed E-state index contributed by atoms with van der Waals surface area (Å²) in [4.78, 5) is 8.03. The molecule has 0 saturated heterocycles. The summed E-state index contributed by atoms with van der Waals surface area (Å²) in [5.41, 5.74) is 6.32. The van der Waals surface area contributed by atoms with E-state index in [0.29, 0.717) is 0 Å². The molecule has 2 nitrogen and oxygen atoms in total. The number of rotatable bonds is 3. The van der Waals surface area contributed by atoms with Gasteiger partial charge in [-0.15, -0.1) is 12.4 Å². The summed E-state index contributed by atoms with van der Waals surface area (Å²) in [5, 5.41) is 0.987. The maximum absolute atomic E-state index is 4.63. The first-order valence-electron chi connectivity index (χ1n) is 7.60. The van der Waals surface area contributed by atoms with E-state index in [2.05, 4.69) is 80.1 Å². The highest BCUT2D eigenvalue weighted by atomic mass is 35.5. The van der Waals surface area contributed by atoms with Crippen LogP contribution in [0.1, 0.15) is 37.5 Å². The fourth-order valence-corrected chi connectivity index (χ4v) is 3.26. The molecule has 0 spiro atoms. The Morgan fingerprint density at radius 2 is 1.74 bits per heavy atom. The van der Waals surface area contributed by atoms with Gasteiger partial charge in [-0.1, -0.05) is 62.9 Å². The molecule has 4 heteroatoms. The highest BCUT2D eigenvalue weighted by molar-refractivity contribution is 7.98. The van der Waals surface area contributed by atoms with Gasteiger partial charge in [-0.25, -0.2) is 4.98 Å². The molecule has 0 unspecified atom stereocenters. The zero-order valence-electron chi connectivity index (χ0n) is 14.0. The van der Waals surface area contributed by atoms with Crippen molar-refractivity contribution in [3.63, 3.8) is 0 Å². The van der Waals surface area contributed by atoms with Gasteiger partial charge in [0.25, 0.3) is 0 Å². The first kappa shape index (κ1) is 17.9. The maximum Gasteiger partial charge on any atom is 0.166 e. The number of imidazole rings is 1. The molecule has 122 valence electrons. The number of hydrogen-bond acceptors (Lipinski definition) is 2. The van der Waals surface area contributed by atoms with Gasteiger partial charge in [-0.2, -0.15) is 0 Å². The van der Waals surface area contributed by atoms with Crippen molar-refractivity contribution < 1.29 is 0 Å². The number of aromatic amines is 1. The van der Waals surface area contributed by atoms with Crippen LogP contribution >= 0.6 is 24.2 Å². The van der Waals surface area contributed by atoms with E-state index in [-0.39, 0.29) is 17.8 Å². The van der Waals surface area contributed by atoms with Crippen LogP contribution in [0.25, 0.3) is 11.0 Å². The first-order valence-corrected chi connectivity index (χ1v) is 8.59. The zero-order valence-corrected chi connectivity index (χ0v) is 15.6. The second kappa shape index (κ2) is 6.98. The predicted octanol–water partition coefficient (Wildman–Crippen LogP) is 5.88. The number of fused-ring (bicyclic) bond motifs is 1. The molecule has 0 fully saturated rings. The molecule has 0 aliphatic carbocycles. The molecule has 3 aromatic rings. The van der Waals surface area contributed by atoms with E-state index in [4.69, 9.17) is 0 Å². The van der Waals surface area contributed by atoms with E-state index in [1.165, 1.54) is 16.7 Å². The highest BCUT2D eigenvalue weighted by Crippen LogP contribution is 2.26. The average molecular weight is 347 g/mol. The Bertz CT molecular complexity index is 785. The second-order valence-corrected chi connectivity index (χ2v) is 7.76. The van der Waals surface area contributed by atoms with Crippen molar-refractivity contribution in [1.29, 1.82) is 0 Å². The third-order valence-corrected chi connectivity index (χ3v) is 4.76. The summed E-state index contributed by atoms with van der Waals surface area (Å²) in [5.74, 6) is 0.934. The van der Waals surface area contributed by atoms with Gasteiger partial charge in [0, 0.05) is 5.75 Å². The Labute approximate surface area is 148 Å². The second-order valence-electron chi connectivity index (χ2n) is 6.80. The van der Waals surface area contributed by atoms with E-state index in [9.17, 15) is 0 Å². The lowest BCUT2D eigenvalue weighted by Gasteiger charge is -2.19. The number of aromatic nitrogens is 2. The Kier molecular flexibility index (Phi) is 5.43. The third kappa shape index (κ3) is 4.30. The van der Waals surface area contributed by atoms with Crippen LogP contribution in [0.2, 0.25) is 0 Å². The minimum Gasteiger partial charge on any atom is -0.333 e. The van der Waals surface area contributed by atoms with E-state index in [0.717, 1.165) is 21.9 Å². The number of benzene rings is 2. The molecular weight excluding hydrogens is 324 g/mol. The number of aryl methyl sites for hydroxylation is 1. The summed E-state index contributed by atoms with van der Waals surface area (Å²) in [7, 11) is 0. The minimum atomic E-state index is 0. The molecule has 0 bridgehead atoms. The van der Waals surface area contributed by atoms with Crippen LogP contribution in [0.3, 0.4) is 0 Å². The molecule has 3 rings (SSSR count).